The van der Waals surface area contributed by atoms with Gasteiger partial charge in [0, 0.05) is 16.2 Å². The zero-order valence-electron chi connectivity index (χ0n) is 11.6. The Bertz CT molecular complexity index is 410. The third kappa shape index (κ3) is 2.83. The third-order valence-electron chi connectivity index (χ3n) is 4.75. The fraction of sp³-hybridized carbons (Fsp3) is 0.625. The van der Waals surface area contributed by atoms with E-state index < -0.39 is 0 Å². The molecule has 3 heteroatoms. The molecule has 3 rings (SSSR count). The first-order valence-corrected chi connectivity index (χ1v) is 8.36. The summed E-state index contributed by atoms with van der Waals surface area (Å²) in [7, 11) is 0. The van der Waals surface area contributed by atoms with Crippen LogP contribution < -0.4 is 11.3 Å². The lowest BCUT2D eigenvalue weighted by molar-refractivity contribution is 0.220. The van der Waals surface area contributed by atoms with Crippen LogP contribution in [-0.4, -0.2) is 11.3 Å². The van der Waals surface area contributed by atoms with Crippen molar-refractivity contribution in [1.82, 2.24) is 5.43 Å². The van der Waals surface area contributed by atoms with Crippen LogP contribution in [0.3, 0.4) is 0 Å². The standard InChI is InChI=1S/C16H24N2S/c1-11-5-4-7-13(9-11)16(18-17)15-10-12-6-2-3-8-14(12)19-15/h2-3,6,8,11,13,15-16,18H,4-5,7,9-10,17H2,1H3. The number of hydrazine groups is 1. The molecule has 0 radical (unpaired) electrons. The molecular weight excluding hydrogens is 252 g/mol. The number of nitrogens with two attached hydrogens (primary N) is 1. The Balaban J connectivity index is 1.71. The molecule has 1 aromatic rings. The van der Waals surface area contributed by atoms with E-state index in [1.165, 1.54) is 42.6 Å². The molecule has 1 saturated carbocycles. The van der Waals surface area contributed by atoms with E-state index in [2.05, 4.69) is 36.6 Å². The summed E-state index contributed by atoms with van der Waals surface area (Å²) in [6.07, 6.45) is 6.61. The Labute approximate surface area is 120 Å². The van der Waals surface area contributed by atoms with Crippen molar-refractivity contribution in [2.45, 2.75) is 55.2 Å². The first-order valence-electron chi connectivity index (χ1n) is 7.48. The molecule has 3 N–H and O–H groups in total. The third-order valence-corrected chi connectivity index (χ3v) is 6.16. The van der Waals surface area contributed by atoms with Gasteiger partial charge >= 0.3 is 0 Å². The quantitative estimate of drug-likeness (QED) is 0.657. The SMILES string of the molecule is CC1CCCC(C(NN)C2Cc3ccccc3S2)C1. The minimum absolute atomic E-state index is 0.458. The Morgan fingerprint density at radius 2 is 2.16 bits per heavy atom. The molecule has 0 amide bonds. The maximum absolute atomic E-state index is 5.90. The second kappa shape index (κ2) is 5.86. The van der Waals surface area contributed by atoms with Crippen LogP contribution in [0.4, 0.5) is 0 Å². The summed E-state index contributed by atoms with van der Waals surface area (Å²) in [5.74, 6) is 7.52. The van der Waals surface area contributed by atoms with Gasteiger partial charge in [0.05, 0.1) is 0 Å². The van der Waals surface area contributed by atoms with Crippen LogP contribution in [0.25, 0.3) is 0 Å². The lowest BCUT2D eigenvalue weighted by Gasteiger charge is -2.35. The highest BCUT2D eigenvalue weighted by molar-refractivity contribution is 8.00. The summed E-state index contributed by atoms with van der Waals surface area (Å²) in [5, 5.41) is 0.609. The van der Waals surface area contributed by atoms with Gasteiger partial charge in [0.25, 0.3) is 0 Å². The van der Waals surface area contributed by atoms with E-state index in [4.69, 9.17) is 5.84 Å². The van der Waals surface area contributed by atoms with Crippen molar-refractivity contribution in [3.63, 3.8) is 0 Å². The van der Waals surface area contributed by atoms with Gasteiger partial charge < -0.3 is 0 Å². The van der Waals surface area contributed by atoms with Crippen LogP contribution >= 0.6 is 11.8 Å². The highest BCUT2D eigenvalue weighted by Gasteiger charge is 2.35. The van der Waals surface area contributed by atoms with Gasteiger partial charge in [-0.3, -0.25) is 11.3 Å². The smallest absolute Gasteiger partial charge is 0.0364 e. The van der Waals surface area contributed by atoms with Crippen LogP contribution in [0.15, 0.2) is 29.2 Å². The van der Waals surface area contributed by atoms with E-state index in [1.807, 2.05) is 11.8 Å². The monoisotopic (exact) mass is 276 g/mol. The zero-order chi connectivity index (χ0) is 13.2. The number of rotatable bonds is 3. The molecule has 0 saturated heterocycles. The van der Waals surface area contributed by atoms with Crippen molar-refractivity contribution >= 4 is 11.8 Å². The fourth-order valence-electron chi connectivity index (χ4n) is 3.76. The topological polar surface area (TPSA) is 38.0 Å². The van der Waals surface area contributed by atoms with Crippen molar-refractivity contribution in [3.05, 3.63) is 29.8 Å². The van der Waals surface area contributed by atoms with Gasteiger partial charge in [-0.15, -0.1) is 11.8 Å². The van der Waals surface area contributed by atoms with Crippen molar-refractivity contribution in [3.8, 4) is 0 Å². The molecule has 0 spiro atoms. The van der Waals surface area contributed by atoms with E-state index in [-0.39, 0.29) is 0 Å². The molecule has 1 fully saturated rings. The normalized spacial score (nSPS) is 32.0. The Hall–Kier alpha value is -0.510. The summed E-state index contributed by atoms with van der Waals surface area (Å²) in [6.45, 7) is 2.39. The predicted octanol–water partition coefficient (Wildman–Crippen LogP) is 3.36. The summed E-state index contributed by atoms with van der Waals surface area (Å²) >= 11 is 2.02. The van der Waals surface area contributed by atoms with Crippen molar-refractivity contribution < 1.29 is 0 Å². The van der Waals surface area contributed by atoms with Crippen LogP contribution in [0.2, 0.25) is 0 Å². The molecule has 4 unspecified atom stereocenters. The van der Waals surface area contributed by atoms with E-state index >= 15 is 0 Å². The highest BCUT2D eigenvalue weighted by atomic mass is 32.2. The lowest BCUT2D eigenvalue weighted by Crippen LogP contribution is -2.48. The van der Waals surface area contributed by atoms with Crippen LogP contribution in [0, 0.1) is 11.8 Å². The van der Waals surface area contributed by atoms with Gasteiger partial charge in [-0.1, -0.05) is 38.0 Å². The van der Waals surface area contributed by atoms with E-state index in [0.717, 1.165) is 11.8 Å². The summed E-state index contributed by atoms with van der Waals surface area (Å²) in [4.78, 5) is 1.46. The molecule has 1 heterocycles. The largest absolute Gasteiger partial charge is 0.271 e. The zero-order valence-corrected chi connectivity index (χ0v) is 12.5. The van der Waals surface area contributed by atoms with E-state index in [0.29, 0.717) is 11.3 Å². The molecule has 19 heavy (non-hydrogen) atoms. The van der Waals surface area contributed by atoms with Crippen molar-refractivity contribution in [1.29, 1.82) is 0 Å². The minimum atomic E-state index is 0.458. The minimum Gasteiger partial charge on any atom is -0.271 e. The Kier molecular flexibility index (Phi) is 4.15. The Morgan fingerprint density at radius 3 is 2.89 bits per heavy atom. The number of fused-ring (bicyclic) bond motifs is 1. The lowest BCUT2D eigenvalue weighted by atomic mass is 9.77. The van der Waals surface area contributed by atoms with Gasteiger partial charge in [0.1, 0.15) is 0 Å². The van der Waals surface area contributed by atoms with Crippen LogP contribution in [0.1, 0.15) is 38.2 Å². The highest BCUT2D eigenvalue weighted by Crippen LogP contribution is 2.42. The summed E-state index contributed by atoms with van der Waals surface area (Å²) in [6, 6.07) is 9.26. The molecule has 1 aliphatic carbocycles. The van der Waals surface area contributed by atoms with Crippen LogP contribution in [-0.2, 0) is 6.42 Å². The van der Waals surface area contributed by atoms with Gasteiger partial charge in [0.15, 0.2) is 0 Å². The molecule has 2 nitrogen and oxygen atoms in total. The molecule has 104 valence electrons. The first kappa shape index (κ1) is 13.5. The molecule has 0 aromatic heterocycles. The van der Waals surface area contributed by atoms with Crippen LogP contribution in [0.5, 0.6) is 0 Å². The van der Waals surface area contributed by atoms with Crippen molar-refractivity contribution in [2.24, 2.45) is 17.7 Å². The van der Waals surface area contributed by atoms with Gasteiger partial charge in [-0.2, -0.15) is 0 Å². The molecule has 2 aliphatic rings. The van der Waals surface area contributed by atoms with Gasteiger partial charge in [-0.05, 0) is 42.7 Å². The van der Waals surface area contributed by atoms with Crippen molar-refractivity contribution in [2.75, 3.05) is 0 Å². The number of thioether (sulfide) groups is 1. The second-order valence-electron chi connectivity index (χ2n) is 6.19. The number of hydrogen-bond acceptors (Lipinski definition) is 3. The van der Waals surface area contributed by atoms with E-state index in [9.17, 15) is 0 Å². The molecule has 4 atom stereocenters. The summed E-state index contributed by atoms with van der Waals surface area (Å²) in [5.41, 5.74) is 4.65. The number of benzene rings is 1. The van der Waals surface area contributed by atoms with Gasteiger partial charge in [0.2, 0.25) is 0 Å². The molecule has 0 bridgehead atoms. The molecular formula is C16H24N2S. The number of nitrogens with one attached hydrogen (secondary N) is 1. The maximum atomic E-state index is 5.90. The van der Waals surface area contributed by atoms with Gasteiger partial charge in [-0.25, -0.2) is 0 Å². The fourth-order valence-corrected chi connectivity index (χ4v) is 5.26. The van der Waals surface area contributed by atoms with E-state index in [1.54, 1.807) is 0 Å². The second-order valence-corrected chi connectivity index (χ2v) is 7.47. The Morgan fingerprint density at radius 1 is 1.32 bits per heavy atom. The maximum Gasteiger partial charge on any atom is 0.0364 e. The summed E-state index contributed by atoms with van der Waals surface area (Å²) < 4.78 is 0. The average molecular weight is 276 g/mol. The molecule has 1 aliphatic heterocycles. The predicted molar refractivity (Wildman–Crippen MR) is 82.0 cm³/mol. The average Bonchev–Trinajstić information content (AvgIpc) is 2.83. The number of hydrogen-bond donors (Lipinski definition) is 2. The first-order chi connectivity index (χ1) is 9.28. The molecule has 1 aromatic carbocycles.